The van der Waals surface area contributed by atoms with Gasteiger partial charge in [-0.1, -0.05) is 18.2 Å². The van der Waals surface area contributed by atoms with E-state index >= 15 is 0 Å². The Labute approximate surface area is 105 Å². The first kappa shape index (κ1) is 12.3. The second-order valence-electron chi connectivity index (χ2n) is 4.05. The molecule has 0 saturated heterocycles. The molecule has 2 aromatic rings. The molecule has 1 aromatic carbocycles. The van der Waals surface area contributed by atoms with Crippen LogP contribution >= 0.6 is 0 Å². The topological polar surface area (TPSA) is 70.8 Å². The average Bonchev–Trinajstić information content (AvgIpc) is 2.39. The van der Waals surface area contributed by atoms with Crippen LogP contribution in [0, 0.1) is 11.3 Å². The number of aromatic nitrogens is 2. The van der Waals surface area contributed by atoms with Crippen LogP contribution in [0.25, 0.3) is 10.9 Å². The van der Waals surface area contributed by atoms with Crippen molar-refractivity contribution in [2.24, 2.45) is 0 Å². The Morgan fingerprint density at radius 1 is 1.39 bits per heavy atom. The van der Waals surface area contributed by atoms with Gasteiger partial charge in [-0.15, -0.1) is 10.2 Å². The van der Waals surface area contributed by atoms with E-state index < -0.39 is 0 Å². The molecule has 1 unspecified atom stereocenters. The van der Waals surface area contributed by atoms with Gasteiger partial charge in [-0.25, -0.2) is 0 Å². The summed E-state index contributed by atoms with van der Waals surface area (Å²) in [7, 11) is 1.65. The zero-order valence-corrected chi connectivity index (χ0v) is 10.3. The third-order valence-corrected chi connectivity index (χ3v) is 2.58. The van der Waals surface area contributed by atoms with Gasteiger partial charge in [0.1, 0.15) is 6.07 Å². The summed E-state index contributed by atoms with van der Waals surface area (Å²) in [6.45, 7) is 2.54. The number of methoxy groups -OCH3 is 1. The molecule has 0 radical (unpaired) electrons. The van der Waals surface area contributed by atoms with Gasteiger partial charge in [0.05, 0.1) is 17.8 Å². The van der Waals surface area contributed by atoms with Gasteiger partial charge in [0.25, 0.3) is 0 Å². The van der Waals surface area contributed by atoms with Gasteiger partial charge in [-0.05, 0) is 13.0 Å². The monoisotopic (exact) mass is 242 g/mol. The van der Waals surface area contributed by atoms with Gasteiger partial charge in [0.15, 0.2) is 5.69 Å². The van der Waals surface area contributed by atoms with Crippen molar-refractivity contribution in [3.63, 3.8) is 0 Å². The predicted molar refractivity (Wildman–Crippen MR) is 69.2 cm³/mol. The van der Waals surface area contributed by atoms with Gasteiger partial charge < -0.3 is 10.1 Å². The van der Waals surface area contributed by atoms with E-state index in [2.05, 4.69) is 21.6 Å². The highest BCUT2D eigenvalue weighted by Gasteiger charge is 2.12. The summed E-state index contributed by atoms with van der Waals surface area (Å²) in [4.78, 5) is 0. The molecule has 0 saturated carbocycles. The first-order valence-electron chi connectivity index (χ1n) is 5.67. The molecular formula is C13H14N4O. The molecule has 5 nitrogen and oxygen atoms in total. The number of nitrogens with one attached hydrogen (secondary N) is 1. The average molecular weight is 242 g/mol. The first-order valence-corrected chi connectivity index (χ1v) is 5.67. The molecule has 0 aliphatic rings. The molecule has 92 valence electrons. The lowest BCUT2D eigenvalue weighted by atomic mass is 10.1. The fourth-order valence-corrected chi connectivity index (χ4v) is 1.82. The standard InChI is InChI=1S/C13H14N4O/c1-9(8-18-2)15-13-10-5-3-4-6-11(10)16-17-12(13)7-14/h3-6,9H,8H2,1-2H3,(H,15,16). The molecule has 0 bridgehead atoms. The molecule has 1 N–H and O–H groups in total. The van der Waals surface area contributed by atoms with Crippen LogP contribution in [0.1, 0.15) is 12.6 Å². The second-order valence-corrected chi connectivity index (χ2v) is 4.05. The summed E-state index contributed by atoms with van der Waals surface area (Å²) in [5.74, 6) is 0. The molecule has 2 rings (SSSR count). The summed E-state index contributed by atoms with van der Waals surface area (Å²) in [6.07, 6.45) is 0. The van der Waals surface area contributed by atoms with Crippen molar-refractivity contribution in [3.8, 4) is 6.07 Å². The van der Waals surface area contributed by atoms with Crippen LogP contribution in [0.3, 0.4) is 0 Å². The highest BCUT2D eigenvalue weighted by atomic mass is 16.5. The highest BCUT2D eigenvalue weighted by molar-refractivity contribution is 5.92. The second kappa shape index (κ2) is 5.43. The number of ether oxygens (including phenoxy) is 1. The van der Waals surface area contributed by atoms with Gasteiger partial charge in [0.2, 0.25) is 0 Å². The number of hydrogen-bond donors (Lipinski definition) is 1. The summed E-state index contributed by atoms with van der Waals surface area (Å²) in [5, 5.41) is 21.2. The van der Waals surface area contributed by atoms with E-state index in [9.17, 15) is 0 Å². The Bertz CT molecular complexity index is 591. The van der Waals surface area contributed by atoms with Crippen molar-refractivity contribution >= 4 is 16.6 Å². The normalized spacial score (nSPS) is 12.1. The largest absolute Gasteiger partial charge is 0.383 e. The molecule has 0 spiro atoms. The summed E-state index contributed by atoms with van der Waals surface area (Å²) < 4.78 is 5.08. The lowest BCUT2D eigenvalue weighted by Gasteiger charge is -2.16. The van der Waals surface area contributed by atoms with Crippen LogP contribution in [0.15, 0.2) is 24.3 Å². The first-order chi connectivity index (χ1) is 8.76. The van der Waals surface area contributed by atoms with Crippen LogP contribution in [0.5, 0.6) is 0 Å². The number of hydrogen-bond acceptors (Lipinski definition) is 5. The van der Waals surface area contributed by atoms with E-state index in [4.69, 9.17) is 10.00 Å². The number of nitrogens with zero attached hydrogens (tertiary/aromatic N) is 3. The van der Waals surface area contributed by atoms with Gasteiger partial charge in [0, 0.05) is 18.5 Å². The number of benzene rings is 1. The maximum atomic E-state index is 9.10. The highest BCUT2D eigenvalue weighted by Crippen LogP contribution is 2.24. The molecule has 5 heteroatoms. The molecule has 0 aliphatic carbocycles. The third-order valence-electron chi connectivity index (χ3n) is 2.58. The van der Waals surface area contributed by atoms with Crippen LogP contribution in [0.4, 0.5) is 5.69 Å². The molecule has 1 aromatic heterocycles. The maximum Gasteiger partial charge on any atom is 0.186 e. The Hall–Kier alpha value is -2.19. The van der Waals surface area contributed by atoms with Crippen molar-refractivity contribution in [3.05, 3.63) is 30.0 Å². The summed E-state index contributed by atoms with van der Waals surface area (Å²) >= 11 is 0. The van der Waals surface area contributed by atoms with Crippen molar-refractivity contribution in [1.29, 1.82) is 5.26 Å². The zero-order valence-electron chi connectivity index (χ0n) is 10.3. The molecule has 1 atom stereocenters. The fourth-order valence-electron chi connectivity index (χ4n) is 1.82. The molecule has 0 fully saturated rings. The number of rotatable bonds is 4. The van der Waals surface area contributed by atoms with E-state index in [1.54, 1.807) is 7.11 Å². The minimum absolute atomic E-state index is 0.0923. The molecular weight excluding hydrogens is 228 g/mol. The van der Waals surface area contributed by atoms with E-state index in [0.717, 1.165) is 10.9 Å². The van der Waals surface area contributed by atoms with E-state index in [-0.39, 0.29) is 6.04 Å². The fraction of sp³-hybridized carbons (Fsp3) is 0.308. The van der Waals surface area contributed by atoms with Crippen LogP contribution in [-0.4, -0.2) is 30.0 Å². The van der Waals surface area contributed by atoms with Gasteiger partial charge >= 0.3 is 0 Å². The summed E-state index contributed by atoms with van der Waals surface area (Å²) in [6, 6.07) is 9.75. The molecule has 0 aliphatic heterocycles. The lowest BCUT2D eigenvalue weighted by molar-refractivity contribution is 0.190. The van der Waals surface area contributed by atoms with Gasteiger partial charge in [-0.2, -0.15) is 5.26 Å². The Balaban J connectivity index is 2.48. The SMILES string of the molecule is COCC(C)Nc1c(C#N)nnc2ccccc12. The minimum Gasteiger partial charge on any atom is -0.383 e. The zero-order chi connectivity index (χ0) is 13.0. The van der Waals surface area contributed by atoms with E-state index in [0.29, 0.717) is 18.0 Å². The number of anilines is 1. The molecule has 0 amide bonds. The van der Waals surface area contributed by atoms with Crippen molar-refractivity contribution in [2.75, 3.05) is 19.0 Å². The van der Waals surface area contributed by atoms with Gasteiger partial charge in [-0.3, -0.25) is 0 Å². The van der Waals surface area contributed by atoms with E-state index in [1.807, 2.05) is 31.2 Å². The minimum atomic E-state index is 0.0923. The van der Waals surface area contributed by atoms with Crippen LogP contribution in [-0.2, 0) is 4.74 Å². The van der Waals surface area contributed by atoms with Crippen molar-refractivity contribution < 1.29 is 4.74 Å². The molecule has 1 heterocycles. The Morgan fingerprint density at radius 3 is 2.89 bits per heavy atom. The van der Waals surface area contributed by atoms with Crippen LogP contribution < -0.4 is 5.32 Å². The quantitative estimate of drug-likeness (QED) is 0.887. The Morgan fingerprint density at radius 2 is 2.17 bits per heavy atom. The lowest BCUT2D eigenvalue weighted by Crippen LogP contribution is -2.22. The summed E-state index contributed by atoms with van der Waals surface area (Å²) in [5.41, 5.74) is 1.79. The molecule has 18 heavy (non-hydrogen) atoms. The Kier molecular flexibility index (Phi) is 3.70. The van der Waals surface area contributed by atoms with E-state index in [1.165, 1.54) is 0 Å². The number of nitriles is 1. The van der Waals surface area contributed by atoms with Crippen LogP contribution in [0.2, 0.25) is 0 Å². The van der Waals surface area contributed by atoms with Crippen molar-refractivity contribution in [2.45, 2.75) is 13.0 Å². The predicted octanol–water partition coefficient (Wildman–Crippen LogP) is 1.95. The smallest absolute Gasteiger partial charge is 0.186 e. The third kappa shape index (κ3) is 2.39. The number of fused-ring (bicyclic) bond motifs is 1. The van der Waals surface area contributed by atoms with Crippen molar-refractivity contribution in [1.82, 2.24) is 10.2 Å². The maximum absolute atomic E-state index is 9.10.